The SMILES string of the molecule is O=C(CSc1nc(-c2ccccc2)c(NC(=O)c2cccs2)s1)NC1CC1. The van der Waals surface area contributed by atoms with Crippen molar-refractivity contribution in [3.05, 3.63) is 52.7 Å². The summed E-state index contributed by atoms with van der Waals surface area (Å²) in [6, 6.07) is 13.7. The smallest absolute Gasteiger partial charge is 0.266 e. The highest BCUT2D eigenvalue weighted by atomic mass is 32.2. The molecule has 1 saturated carbocycles. The maximum Gasteiger partial charge on any atom is 0.266 e. The Kier molecular flexibility index (Phi) is 5.56. The summed E-state index contributed by atoms with van der Waals surface area (Å²) in [5.74, 6) is 0.216. The molecule has 0 radical (unpaired) electrons. The van der Waals surface area contributed by atoms with Crippen molar-refractivity contribution in [3.8, 4) is 11.3 Å². The molecule has 8 heteroatoms. The van der Waals surface area contributed by atoms with E-state index >= 15 is 0 Å². The molecule has 1 aliphatic carbocycles. The molecule has 0 saturated heterocycles. The average molecular weight is 416 g/mol. The van der Waals surface area contributed by atoms with Crippen molar-refractivity contribution in [1.82, 2.24) is 10.3 Å². The van der Waals surface area contributed by atoms with E-state index in [4.69, 9.17) is 0 Å². The standard InChI is InChI=1S/C19H17N3O2S3/c23-15(20-13-8-9-13)11-26-19-21-16(12-5-2-1-3-6-12)18(27-19)22-17(24)14-7-4-10-25-14/h1-7,10,13H,8-9,11H2,(H,20,23)(H,22,24). The van der Waals surface area contributed by atoms with Gasteiger partial charge in [0, 0.05) is 11.6 Å². The van der Waals surface area contributed by atoms with E-state index in [0.717, 1.165) is 28.4 Å². The van der Waals surface area contributed by atoms with Crippen molar-refractivity contribution in [3.63, 3.8) is 0 Å². The summed E-state index contributed by atoms with van der Waals surface area (Å²) in [6.07, 6.45) is 2.15. The van der Waals surface area contributed by atoms with Crippen molar-refractivity contribution < 1.29 is 9.59 Å². The highest BCUT2D eigenvalue weighted by Gasteiger charge is 2.23. The van der Waals surface area contributed by atoms with Crippen molar-refractivity contribution in [2.24, 2.45) is 0 Å². The summed E-state index contributed by atoms with van der Waals surface area (Å²) in [6.45, 7) is 0. The van der Waals surface area contributed by atoms with Crippen LogP contribution >= 0.6 is 34.4 Å². The van der Waals surface area contributed by atoms with E-state index in [-0.39, 0.29) is 11.8 Å². The number of thiophene rings is 1. The quantitative estimate of drug-likeness (QED) is 0.558. The fourth-order valence-corrected chi connectivity index (χ4v) is 4.93. The predicted molar refractivity (Wildman–Crippen MR) is 112 cm³/mol. The van der Waals surface area contributed by atoms with E-state index in [2.05, 4.69) is 15.6 Å². The van der Waals surface area contributed by atoms with Crippen LogP contribution in [0.1, 0.15) is 22.5 Å². The molecule has 0 unspecified atom stereocenters. The number of anilines is 1. The summed E-state index contributed by atoms with van der Waals surface area (Å²) >= 11 is 4.20. The minimum Gasteiger partial charge on any atom is -0.353 e. The first-order valence-electron chi connectivity index (χ1n) is 8.52. The van der Waals surface area contributed by atoms with E-state index < -0.39 is 0 Å². The molecule has 0 spiro atoms. The Morgan fingerprint density at radius 3 is 2.67 bits per heavy atom. The lowest BCUT2D eigenvalue weighted by atomic mass is 10.2. The van der Waals surface area contributed by atoms with Crippen LogP contribution in [-0.4, -0.2) is 28.6 Å². The number of aromatic nitrogens is 1. The van der Waals surface area contributed by atoms with E-state index in [1.807, 2.05) is 41.8 Å². The minimum absolute atomic E-state index is 0.0307. The zero-order chi connectivity index (χ0) is 18.6. The lowest BCUT2D eigenvalue weighted by Crippen LogP contribution is -2.26. The highest BCUT2D eigenvalue weighted by molar-refractivity contribution is 8.01. The molecule has 1 aliphatic rings. The van der Waals surface area contributed by atoms with Crippen LogP contribution in [0.3, 0.4) is 0 Å². The number of benzene rings is 1. The summed E-state index contributed by atoms with van der Waals surface area (Å²) in [5.41, 5.74) is 1.67. The van der Waals surface area contributed by atoms with Gasteiger partial charge >= 0.3 is 0 Å². The van der Waals surface area contributed by atoms with Crippen LogP contribution in [0, 0.1) is 0 Å². The van der Waals surface area contributed by atoms with Crippen molar-refractivity contribution in [2.45, 2.75) is 23.2 Å². The van der Waals surface area contributed by atoms with Crippen LogP contribution < -0.4 is 10.6 Å². The molecule has 1 fully saturated rings. The molecular weight excluding hydrogens is 398 g/mol. The second-order valence-electron chi connectivity index (χ2n) is 6.09. The average Bonchev–Trinajstić information content (AvgIpc) is 3.17. The van der Waals surface area contributed by atoms with E-state index in [9.17, 15) is 9.59 Å². The molecule has 3 aromatic rings. The third-order valence-corrected chi connectivity index (χ3v) is 6.88. The summed E-state index contributed by atoms with van der Waals surface area (Å²) in [5, 5.41) is 8.53. The molecular formula is C19H17N3O2S3. The summed E-state index contributed by atoms with van der Waals surface area (Å²) in [4.78, 5) is 29.7. The zero-order valence-corrected chi connectivity index (χ0v) is 16.8. The molecule has 27 heavy (non-hydrogen) atoms. The Labute approximate surface area is 169 Å². The van der Waals surface area contributed by atoms with Crippen LogP contribution in [0.25, 0.3) is 11.3 Å². The molecule has 5 nitrogen and oxygen atoms in total. The number of nitrogens with one attached hydrogen (secondary N) is 2. The molecule has 138 valence electrons. The van der Waals surface area contributed by atoms with Crippen LogP contribution in [0.5, 0.6) is 0 Å². The molecule has 2 heterocycles. The number of hydrogen-bond acceptors (Lipinski definition) is 6. The van der Waals surface area contributed by atoms with Gasteiger partial charge in [-0.05, 0) is 24.3 Å². The number of thioether (sulfide) groups is 1. The Morgan fingerprint density at radius 2 is 1.96 bits per heavy atom. The summed E-state index contributed by atoms with van der Waals surface area (Å²) < 4.78 is 0.765. The Hall–Kier alpha value is -2.16. The first-order valence-corrected chi connectivity index (χ1v) is 11.2. The normalized spacial score (nSPS) is 13.3. The largest absolute Gasteiger partial charge is 0.353 e. The van der Waals surface area contributed by atoms with Gasteiger partial charge in [0.05, 0.1) is 10.6 Å². The Bertz CT molecular complexity index is 935. The number of nitrogens with zero attached hydrogens (tertiary/aromatic N) is 1. The Morgan fingerprint density at radius 1 is 1.15 bits per heavy atom. The third-order valence-electron chi connectivity index (χ3n) is 3.90. The van der Waals surface area contributed by atoms with E-state index in [0.29, 0.717) is 21.7 Å². The first kappa shape index (κ1) is 18.2. The van der Waals surface area contributed by atoms with E-state index in [1.165, 1.54) is 34.4 Å². The van der Waals surface area contributed by atoms with Gasteiger partial charge in [-0.25, -0.2) is 4.98 Å². The van der Waals surface area contributed by atoms with Gasteiger partial charge in [0.2, 0.25) is 5.91 Å². The number of hydrogen-bond donors (Lipinski definition) is 2. The number of carbonyl (C=O) groups is 2. The van der Waals surface area contributed by atoms with E-state index in [1.54, 1.807) is 6.07 Å². The molecule has 1 aromatic carbocycles. The van der Waals surface area contributed by atoms with Gasteiger partial charge in [0.15, 0.2) is 4.34 Å². The second kappa shape index (κ2) is 8.24. The van der Waals surface area contributed by atoms with Crippen LogP contribution in [0.4, 0.5) is 5.00 Å². The van der Waals surface area contributed by atoms with Crippen molar-refractivity contribution >= 4 is 51.3 Å². The van der Waals surface area contributed by atoms with Gasteiger partial charge in [-0.2, -0.15) is 0 Å². The predicted octanol–water partition coefficient (Wildman–Crippen LogP) is 4.49. The monoisotopic (exact) mass is 415 g/mol. The number of amides is 2. The molecule has 0 aliphatic heterocycles. The zero-order valence-electron chi connectivity index (χ0n) is 14.3. The molecule has 0 bridgehead atoms. The third kappa shape index (κ3) is 4.77. The van der Waals surface area contributed by atoms with Gasteiger partial charge in [-0.15, -0.1) is 11.3 Å². The fraction of sp³-hybridized carbons (Fsp3) is 0.211. The summed E-state index contributed by atoms with van der Waals surface area (Å²) in [7, 11) is 0. The maximum absolute atomic E-state index is 12.5. The van der Waals surface area contributed by atoms with Crippen LogP contribution in [-0.2, 0) is 4.79 Å². The Balaban J connectivity index is 1.53. The highest BCUT2D eigenvalue weighted by Crippen LogP contribution is 2.38. The van der Waals surface area contributed by atoms with Gasteiger partial charge in [-0.1, -0.05) is 59.5 Å². The molecule has 2 amide bonds. The fourth-order valence-electron chi connectivity index (χ4n) is 2.44. The topological polar surface area (TPSA) is 71.1 Å². The van der Waals surface area contributed by atoms with Gasteiger partial charge in [0.25, 0.3) is 5.91 Å². The molecule has 0 atom stereocenters. The van der Waals surface area contributed by atoms with Gasteiger partial charge in [-0.3, -0.25) is 9.59 Å². The molecule has 2 aromatic heterocycles. The first-order chi connectivity index (χ1) is 13.2. The second-order valence-corrected chi connectivity index (χ2v) is 9.25. The van der Waals surface area contributed by atoms with Gasteiger partial charge in [0.1, 0.15) is 10.7 Å². The van der Waals surface area contributed by atoms with Crippen LogP contribution in [0.2, 0.25) is 0 Å². The van der Waals surface area contributed by atoms with Crippen molar-refractivity contribution in [2.75, 3.05) is 11.1 Å². The lowest BCUT2D eigenvalue weighted by Gasteiger charge is -2.03. The number of carbonyl (C=O) groups excluding carboxylic acids is 2. The maximum atomic E-state index is 12.5. The molecule has 2 N–H and O–H groups in total. The van der Waals surface area contributed by atoms with Crippen molar-refractivity contribution in [1.29, 1.82) is 0 Å². The number of thiazole rings is 1. The van der Waals surface area contributed by atoms with Crippen LogP contribution in [0.15, 0.2) is 52.2 Å². The molecule has 4 rings (SSSR count). The lowest BCUT2D eigenvalue weighted by molar-refractivity contribution is -0.118. The number of rotatable bonds is 7. The minimum atomic E-state index is -0.145. The van der Waals surface area contributed by atoms with Gasteiger partial charge < -0.3 is 10.6 Å².